The number of aryl methyl sites for hydroxylation is 1. The zero-order valence-corrected chi connectivity index (χ0v) is 12.5. The molecule has 0 radical (unpaired) electrons. The molecule has 0 saturated heterocycles. The van der Waals surface area contributed by atoms with E-state index in [1.54, 1.807) is 12.3 Å². The highest BCUT2D eigenvalue weighted by Gasteiger charge is 2.16. The van der Waals surface area contributed by atoms with Crippen LogP contribution >= 0.6 is 11.3 Å². The van der Waals surface area contributed by atoms with Gasteiger partial charge >= 0.3 is 0 Å². The maximum Gasteiger partial charge on any atom is 0.267 e. The molecule has 2 aromatic heterocycles. The minimum absolute atomic E-state index is 0.150. The molecule has 21 heavy (non-hydrogen) atoms. The van der Waals surface area contributed by atoms with Crippen molar-refractivity contribution >= 4 is 23.2 Å². The molecular formula is C13H16N4O3S. The largest absolute Gasteiger partial charge is 0.381 e. The summed E-state index contributed by atoms with van der Waals surface area (Å²) in [5.41, 5.74) is 1.97. The van der Waals surface area contributed by atoms with Gasteiger partial charge in [0.2, 0.25) is 5.91 Å². The van der Waals surface area contributed by atoms with E-state index >= 15 is 0 Å². The number of nitrogens with zero attached hydrogens (tertiary/aromatic N) is 1. The Hall–Kier alpha value is -2.19. The number of likely N-dealkylation sites (N-methyl/N-ethyl adjacent to an activating group) is 1. The highest BCUT2D eigenvalue weighted by molar-refractivity contribution is 7.09. The van der Waals surface area contributed by atoms with Crippen molar-refractivity contribution in [1.29, 1.82) is 0 Å². The highest BCUT2D eigenvalue weighted by atomic mass is 32.1. The molecule has 8 heteroatoms. The fourth-order valence-corrected chi connectivity index (χ4v) is 2.34. The third-order valence-electron chi connectivity index (χ3n) is 2.85. The summed E-state index contributed by atoms with van der Waals surface area (Å²) < 4.78 is 0. The molecule has 0 spiro atoms. The maximum atomic E-state index is 11.9. The number of hydrogen-bond donors (Lipinski definition) is 4. The van der Waals surface area contributed by atoms with Crippen LogP contribution in [0.2, 0.25) is 0 Å². The van der Waals surface area contributed by atoms with Crippen molar-refractivity contribution in [1.82, 2.24) is 20.6 Å². The summed E-state index contributed by atoms with van der Waals surface area (Å²) in [6, 6.07) is 1.68. The molecule has 0 aliphatic carbocycles. The standard InChI is InChI=1S/C13H16N4O3S/c1-7-17-10(6-21-7)8-3-9(15-4-8)12(19)16-5-11(18)13(20)14-2/h3-4,6,11,15,18H,5H2,1-2H3,(H,14,20)(H,16,19). The van der Waals surface area contributed by atoms with Gasteiger partial charge in [-0.3, -0.25) is 9.59 Å². The van der Waals surface area contributed by atoms with E-state index in [9.17, 15) is 14.7 Å². The second-order valence-electron chi connectivity index (χ2n) is 4.39. The Bertz CT molecular complexity index is 649. The zero-order valence-electron chi connectivity index (χ0n) is 11.6. The van der Waals surface area contributed by atoms with Crippen LogP contribution in [0.25, 0.3) is 11.3 Å². The van der Waals surface area contributed by atoms with Crippen molar-refractivity contribution in [2.24, 2.45) is 0 Å². The van der Waals surface area contributed by atoms with E-state index in [0.29, 0.717) is 5.69 Å². The summed E-state index contributed by atoms with van der Waals surface area (Å²) in [6.45, 7) is 1.76. The second-order valence-corrected chi connectivity index (χ2v) is 5.46. The molecule has 112 valence electrons. The molecule has 0 aromatic carbocycles. The normalized spacial score (nSPS) is 12.0. The number of aromatic nitrogens is 2. The summed E-state index contributed by atoms with van der Waals surface area (Å²) in [7, 11) is 1.42. The van der Waals surface area contributed by atoms with Gasteiger partial charge in [0.25, 0.3) is 5.91 Å². The van der Waals surface area contributed by atoms with Crippen LogP contribution in [0.4, 0.5) is 0 Å². The fourth-order valence-electron chi connectivity index (χ4n) is 1.71. The number of H-pyrrole nitrogens is 1. The first-order valence-electron chi connectivity index (χ1n) is 6.30. The number of amides is 2. The summed E-state index contributed by atoms with van der Waals surface area (Å²) in [4.78, 5) is 30.2. The van der Waals surface area contributed by atoms with Gasteiger partial charge in [-0.1, -0.05) is 0 Å². The molecule has 0 bridgehead atoms. The predicted octanol–water partition coefficient (Wildman–Crippen LogP) is 0.283. The van der Waals surface area contributed by atoms with Gasteiger partial charge in [-0.05, 0) is 13.0 Å². The molecule has 1 unspecified atom stereocenters. The number of thiazole rings is 1. The molecule has 1 atom stereocenters. The highest BCUT2D eigenvalue weighted by Crippen LogP contribution is 2.22. The predicted molar refractivity (Wildman–Crippen MR) is 79.0 cm³/mol. The van der Waals surface area contributed by atoms with Gasteiger partial charge in [0, 0.05) is 24.2 Å². The van der Waals surface area contributed by atoms with Crippen molar-refractivity contribution in [2.75, 3.05) is 13.6 Å². The van der Waals surface area contributed by atoms with Crippen LogP contribution in [0.1, 0.15) is 15.5 Å². The van der Waals surface area contributed by atoms with E-state index in [2.05, 4.69) is 20.6 Å². The van der Waals surface area contributed by atoms with Crippen LogP contribution in [0.15, 0.2) is 17.6 Å². The van der Waals surface area contributed by atoms with Crippen LogP contribution in [-0.4, -0.2) is 46.6 Å². The quantitative estimate of drug-likeness (QED) is 0.636. The van der Waals surface area contributed by atoms with Crippen LogP contribution < -0.4 is 10.6 Å². The van der Waals surface area contributed by atoms with E-state index in [1.165, 1.54) is 18.4 Å². The third kappa shape index (κ3) is 3.67. The summed E-state index contributed by atoms with van der Waals surface area (Å²) in [6.07, 6.45) is 0.424. The molecule has 7 nitrogen and oxygen atoms in total. The third-order valence-corrected chi connectivity index (χ3v) is 3.62. The Morgan fingerprint density at radius 1 is 1.52 bits per heavy atom. The molecule has 0 saturated carbocycles. The zero-order chi connectivity index (χ0) is 15.4. The first-order chi connectivity index (χ1) is 10.0. The molecule has 0 aliphatic heterocycles. The van der Waals surface area contributed by atoms with Crippen LogP contribution in [0.5, 0.6) is 0 Å². The van der Waals surface area contributed by atoms with Gasteiger partial charge in [0.15, 0.2) is 0 Å². The van der Waals surface area contributed by atoms with Gasteiger partial charge in [-0.25, -0.2) is 4.98 Å². The molecule has 0 fully saturated rings. The number of nitrogens with one attached hydrogen (secondary N) is 3. The lowest BCUT2D eigenvalue weighted by molar-refractivity contribution is -0.128. The van der Waals surface area contributed by atoms with E-state index in [-0.39, 0.29) is 6.54 Å². The van der Waals surface area contributed by atoms with Gasteiger partial charge in [0.05, 0.1) is 17.2 Å². The monoisotopic (exact) mass is 308 g/mol. The number of aliphatic hydroxyl groups is 1. The smallest absolute Gasteiger partial charge is 0.267 e. The van der Waals surface area contributed by atoms with Crippen LogP contribution in [-0.2, 0) is 4.79 Å². The van der Waals surface area contributed by atoms with Crippen LogP contribution in [0, 0.1) is 6.92 Å². The molecule has 2 rings (SSSR count). The van der Waals surface area contributed by atoms with E-state index in [4.69, 9.17) is 0 Å². The Labute approximate surface area is 125 Å². The minimum atomic E-state index is -1.27. The summed E-state index contributed by atoms with van der Waals surface area (Å²) >= 11 is 1.53. The SMILES string of the molecule is CNC(=O)C(O)CNC(=O)c1cc(-c2csc(C)n2)c[nH]1. The summed E-state index contributed by atoms with van der Waals surface area (Å²) in [5.74, 6) is -0.934. The molecule has 0 aliphatic rings. The first kappa shape index (κ1) is 15.2. The first-order valence-corrected chi connectivity index (χ1v) is 7.18. The topological polar surface area (TPSA) is 107 Å². The van der Waals surface area contributed by atoms with Gasteiger partial charge in [-0.2, -0.15) is 0 Å². The molecule has 2 amide bonds. The van der Waals surface area contributed by atoms with Crippen LogP contribution in [0.3, 0.4) is 0 Å². The minimum Gasteiger partial charge on any atom is -0.381 e. The van der Waals surface area contributed by atoms with E-state index in [1.807, 2.05) is 12.3 Å². The van der Waals surface area contributed by atoms with Crippen molar-refractivity contribution in [3.8, 4) is 11.3 Å². The number of aromatic amines is 1. The van der Waals surface area contributed by atoms with Gasteiger partial charge in [0.1, 0.15) is 11.8 Å². The lowest BCUT2D eigenvalue weighted by atomic mass is 10.2. The molecular weight excluding hydrogens is 292 g/mol. The number of carbonyl (C=O) groups is 2. The number of aliphatic hydroxyl groups excluding tert-OH is 1. The van der Waals surface area contributed by atoms with Crippen molar-refractivity contribution in [3.05, 3.63) is 28.3 Å². The van der Waals surface area contributed by atoms with Crippen molar-refractivity contribution in [3.63, 3.8) is 0 Å². The Morgan fingerprint density at radius 3 is 2.90 bits per heavy atom. The Kier molecular flexibility index (Phi) is 4.71. The molecule has 2 heterocycles. The van der Waals surface area contributed by atoms with E-state index in [0.717, 1.165) is 16.3 Å². The lowest BCUT2D eigenvalue weighted by Gasteiger charge is -2.09. The van der Waals surface area contributed by atoms with Crippen molar-refractivity contribution < 1.29 is 14.7 Å². The Balaban J connectivity index is 1.98. The molecule has 2 aromatic rings. The van der Waals surface area contributed by atoms with Gasteiger partial charge < -0.3 is 20.7 Å². The average molecular weight is 308 g/mol. The number of rotatable bonds is 5. The Morgan fingerprint density at radius 2 is 2.29 bits per heavy atom. The number of carbonyl (C=O) groups excluding carboxylic acids is 2. The van der Waals surface area contributed by atoms with Crippen molar-refractivity contribution in [2.45, 2.75) is 13.0 Å². The maximum absolute atomic E-state index is 11.9. The second kappa shape index (κ2) is 6.51. The van der Waals surface area contributed by atoms with Gasteiger partial charge in [-0.15, -0.1) is 11.3 Å². The fraction of sp³-hybridized carbons (Fsp3) is 0.308. The summed E-state index contributed by atoms with van der Waals surface area (Å²) in [5, 5.41) is 17.1. The lowest BCUT2D eigenvalue weighted by Crippen LogP contribution is -2.41. The average Bonchev–Trinajstić information content (AvgIpc) is 3.11. The number of hydrogen-bond acceptors (Lipinski definition) is 5. The van der Waals surface area contributed by atoms with E-state index < -0.39 is 17.9 Å². The molecule has 4 N–H and O–H groups in total.